The zero-order valence-corrected chi connectivity index (χ0v) is 13.7. The molecule has 0 spiro atoms. The Balaban J connectivity index is 1.60. The molecule has 2 aromatic carbocycles. The minimum absolute atomic E-state index is 0.0309. The van der Waals surface area contributed by atoms with Crippen molar-refractivity contribution in [3.8, 4) is 10.6 Å². The first-order valence-electron chi connectivity index (χ1n) is 7.57. The monoisotopic (exact) mass is 322 g/mol. The maximum atomic E-state index is 12.2. The molecule has 1 atom stereocenters. The lowest BCUT2D eigenvalue weighted by Gasteiger charge is -2.12. The molecule has 0 aliphatic rings. The molecular formula is C19H18N2OS. The molecule has 0 aliphatic carbocycles. The molecule has 1 aromatic heterocycles. The van der Waals surface area contributed by atoms with E-state index in [-0.39, 0.29) is 11.8 Å². The Kier molecular flexibility index (Phi) is 4.83. The highest BCUT2D eigenvalue weighted by Gasteiger charge is 2.11. The number of hydrogen-bond acceptors (Lipinski definition) is 3. The van der Waals surface area contributed by atoms with Gasteiger partial charge in [0, 0.05) is 29.2 Å². The van der Waals surface area contributed by atoms with E-state index in [9.17, 15) is 4.79 Å². The van der Waals surface area contributed by atoms with Crippen LogP contribution in [0.1, 0.15) is 24.8 Å². The molecule has 4 heteroatoms. The highest BCUT2D eigenvalue weighted by atomic mass is 32.1. The van der Waals surface area contributed by atoms with Crippen LogP contribution in [-0.4, -0.2) is 10.9 Å². The molecule has 0 aliphatic heterocycles. The Hall–Kier alpha value is -2.46. The van der Waals surface area contributed by atoms with Crippen LogP contribution in [0.3, 0.4) is 0 Å². The van der Waals surface area contributed by atoms with Crippen LogP contribution < -0.4 is 5.32 Å². The van der Waals surface area contributed by atoms with Crippen LogP contribution in [0.15, 0.2) is 66.2 Å². The van der Waals surface area contributed by atoms with Crippen LogP contribution in [0, 0.1) is 0 Å². The first kappa shape index (κ1) is 15.4. The van der Waals surface area contributed by atoms with Gasteiger partial charge in [-0.15, -0.1) is 11.3 Å². The molecule has 1 heterocycles. The van der Waals surface area contributed by atoms with Crippen LogP contribution in [0.4, 0.5) is 5.69 Å². The average Bonchev–Trinajstić information content (AvgIpc) is 3.11. The third-order valence-electron chi connectivity index (χ3n) is 3.71. The van der Waals surface area contributed by atoms with E-state index in [0.29, 0.717) is 6.42 Å². The van der Waals surface area contributed by atoms with E-state index in [1.54, 1.807) is 17.5 Å². The molecule has 3 aromatic rings. The molecule has 0 saturated heterocycles. The second-order valence-corrected chi connectivity index (χ2v) is 6.37. The number of nitrogens with one attached hydrogen (secondary N) is 1. The summed E-state index contributed by atoms with van der Waals surface area (Å²) in [6.07, 6.45) is 2.26. The van der Waals surface area contributed by atoms with E-state index in [1.807, 2.05) is 47.8 Å². The third kappa shape index (κ3) is 4.05. The number of nitrogens with zero attached hydrogens (tertiary/aromatic N) is 1. The Labute approximate surface area is 140 Å². The van der Waals surface area contributed by atoms with Crippen LogP contribution in [0.5, 0.6) is 0 Å². The number of amides is 1. The van der Waals surface area contributed by atoms with E-state index in [0.717, 1.165) is 16.3 Å². The molecule has 1 N–H and O–H groups in total. The van der Waals surface area contributed by atoms with Gasteiger partial charge < -0.3 is 5.32 Å². The lowest BCUT2D eigenvalue weighted by molar-refractivity contribution is -0.116. The van der Waals surface area contributed by atoms with Crippen LogP contribution >= 0.6 is 11.3 Å². The van der Waals surface area contributed by atoms with Gasteiger partial charge >= 0.3 is 0 Å². The molecular weight excluding hydrogens is 304 g/mol. The molecule has 0 bridgehead atoms. The van der Waals surface area contributed by atoms with Crippen molar-refractivity contribution in [2.75, 3.05) is 5.32 Å². The molecule has 116 valence electrons. The van der Waals surface area contributed by atoms with E-state index < -0.39 is 0 Å². The standard InChI is InChI=1S/C19H18N2OS/c1-14(15-5-3-2-4-6-15)13-18(22)21-17-9-7-16(8-10-17)19-20-11-12-23-19/h2-12,14H,13H2,1H3,(H,21,22). The van der Waals surface area contributed by atoms with Crippen molar-refractivity contribution in [1.82, 2.24) is 4.98 Å². The highest BCUT2D eigenvalue weighted by Crippen LogP contribution is 2.24. The molecule has 23 heavy (non-hydrogen) atoms. The van der Waals surface area contributed by atoms with Crippen molar-refractivity contribution >= 4 is 22.9 Å². The number of thiazole rings is 1. The van der Waals surface area contributed by atoms with Gasteiger partial charge in [-0.05, 0) is 35.7 Å². The van der Waals surface area contributed by atoms with Gasteiger partial charge in [0.05, 0.1) is 0 Å². The number of aromatic nitrogens is 1. The molecule has 1 unspecified atom stereocenters. The topological polar surface area (TPSA) is 42.0 Å². The molecule has 3 nitrogen and oxygen atoms in total. The summed E-state index contributed by atoms with van der Waals surface area (Å²) >= 11 is 1.60. The Morgan fingerprint density at radius 1 is 1.13 bits per heavy atom. The number of anilines is 1. The minimum atomic E-state index is 0.0309. The average molecular weight is 322 g/mol. The summed E-state index contributed by atoms with van der Waals surface area (Å²) < 4.78 is 0. The lowest BCUT2D eigenvalue weighted by Crippen LogP contribution is -2.14. The van der Waals surface area contributed by atoms with Crippen molar-refractivity contribution < 1.29 is 4.79 Å². The fourth-order valence-corrected chi connectivity index (χ4v) is 3.10. The fraction of sp³-hybridized carbons (Fsp3) is 0.158. The molecule has 0 fully saturated rings. The van der Waals surface area contributed by atoms with Crippen molar-refractivity contribution in [2.24, 2.45) is 0 Å². The summed E-state index contributed by atoms with van der Waals surface area (Å²) in [5, 5.41) is 5.90. The van der Waals surface area contributed by atoms with Gasteiger partial charge in [-0.1, -0.05) is 37.3 Å². The first-order valence-corrected chi connectivity index (χ1v) is 8.45. The molecule has 3 rings (SSSR count). The maximum Gasteiger partial charge on any atom is 0.224 e. The van der Waals surface area contributed by atoms with E-state index in [1.165, 1.54) is 5.56 Å². The molecule has 0 radical (unpaired) electrons. The zero-order chi connectivity index (χ0) is 16.1. The minimum Gasteiger partial charge on any atom is -0.326 e. The second-order valence-electron chi connectivity index (χ2n) is 5.48. The Bertz CT molecular complexity index is 752. The quantitative estimate of drug-likeness (QED) is 0.722. The van der Waals surface area contributed by atoms with Crippen molar-refractivity contribution in [3.05, 3.63) is 71.7 Å². The first-order chi connectivity index (χ1) is 11.2. The number of carbonyl (C=O) groups is 1. The molecule has 0 saturated carbocycles. The number of hydrogen-bond donors (Lipinski definition) is 1. The lowest BCUT2D eigenvalue weighted by atomic mass is 9.97. The predicted octanol–water partition coefficient (Wildman–Crippen LogP) is 4.94. The summed E-state index contributed by atoms with van der Waals surface area (Å²) in [6, 6.07) is 17.9. The van der Waals surface area contributed by atoms with Crippen molar-refractivity contribution in [2.45, 2.75) is 19.3 Å². The SMILES string of the molecule is CC(CC(=O)Nc1ccc(-c2nccs2)cc1)c1ccccc1. The van der Waals surface area contributed by atoms with Gasteiger partial charge in [-0.25, -0.2) is 4.98 Å². The van der Waals surface area contributed by atoms with E-state index in [2.05, 4.69) is 29.4 Å². The van der Waals surface area contributed by atoms with Gasteiger partial charge in [0.25, 0.3) is 0 Å². The summed E-state index contributed by atoms with van der Waals surface area (Å²) in [5.41, 5.74) is 3.06. The van der Waals surface area contributed by atoms with Gasteiger partial charge in [-0.2, -0.15) is 0 Å². The summed E-state index contributed by atoms with van der Waals surface area (Å²) in [5.74, 6) is 0.231. The van der Waals surface area contributed by atoms with Gasteiger partial charge in [-0.3, -0.25) is 4.79 Å². The Morgan fingerprint density at radius 2 is 1.87 bits per heavy atom. The predicted molar refractivity (Wildman–Crippen MR) is 95.7 cm³/mol. The maximum absolute atomic E-state index is 12.2. The Morgan fingerprint density at radius 3 is 2.52 bits per heavy atom. The molecule has 1 amide bonds. The van der Waals surface area contributed by atoms with Crippen molar-refractivity contribution in [1.29, 1.82) is 0 Å². The number of carbonyl (C=O) groups excluding carboxylic acids is 1. The zero-order valence-electron chi connectivity index (χ0n) is 12.9. The number of rotatable bonds is 5. The smallest absolute Gasteiger partial charge is 0.224 e. The number of benzene rings is 2. The summed E-state index contributed by atoms with van der Waals surface area (Å²) in [6.45, 7) is 2.07. The second kappa shape index (κ2) is 7.20. The van der Waals surface area contributed by atoms with Gasteiger partial charge in [0.1, 0.15) is 5.01 Å². The van der Waals surface area contributed by atoms with Crippen molar-refractivity contribution in [3.63, 3.8) is 0 Å². The van der Waals surface area contributed by atoms with Crippen LogP contribution in [-0.2, 0) is 4.79 Å². The summed E-state index contributed by atoms with van der Waals surface area (Å²) in [7, 11) is 0. The highest BCUT2D eigenvalue weighted by molar-refractivity contribution is 7.13. The van der Waals surface area contributed by atoms with E-state index in [4.69, 9.17) is 0 Å². The van der Waals surface area contributed by atoms with Crippen LogP contribution in [0.2, 0.25) is 0 Å². The largest absolute Gasteiger partial charge is 0.326 e. The van der Waals surface area contributed by atoms with Gasteiger partial charge in [0.2, 0.25) is 5.91 Å². The summed E-state index contributed by atoms with van der Waals surface area (Å²) in [4.78, 5) is 16.5. The third-order valence-corrected chi connectivity index (χ3v) is 4.53. The van der Waals surface area contributed by atoms with Gasteiger partial charge in [0.15, 0.2) is 0 Å². The normalized spacial score (nSPS) is 11.9. The fourth-order valence-electron chi connectivity index (χ4n) is 2.45. The van der Waals surface area contributed by atoms with Crippen LogP contribution in [0.25, 0.3) is 10.6 Å². The van der Waals surface area contributed by atoms with E-state index >= 15 is 0 Å².